The van der Waals surface area contributed by atoms with Crippen molar-refractivity contribution in [3.8, 4) is 6.07 Å². The highest BCUT2D eigenvalue weighted by molar-refractivity contribution is 6.30. The van der Waals surface area contributed by atoms with Crippen LogP contribution in [-0.2, 0) is 4.79 Å². The molecule has 1 aromatic carbocycles. The summed E-state index contributed by atoms with van der Waals surface area (Å²) in [5.74, 6) is -0.534. The van der Waals surface area contributed by atoms with Crippen molar-refractivity contribution in [1.82, 2.24) is 0 Å². The summed E-state index contributed by atoms with van der Waals surface area (Å²) in [4.78, 5) is 12.4. The number of hydrogen-bond acceptors (Lipinski definition) is 2. The molecule has 0 aromatic heterocycles. The molecule has 0 radical (unpaired) electrons. The molecule has 94 valence electrons. The van der Waals surface area contributed by atoms with Gasteiger partial charge in [-0.3, -0.25) is 4.79 Å². The number of nitriles is 1. The van der Waals surface area contributed by atoms with E-state index in [1.54, 1.807) is 24.3 Å². The van der Waals surface area contributed by atoms with Crippen LogP contribution in [0.1, 0.15) is 43.6 Å². The van der Waals surface area contributed by atoms with Crippen LogP contribution in [-0.4, -0.2) is 5.78 Å². The normalized spacial score (nSPS) is 18.0. The number of hydrogen-bond donors (Lipinski definition) is 0. The van der Waals surface area contributed by atoms with E-state index in [0.717, 1.165) is 31.2 Å². The first-order valence-electron chi connectivity index (χ1n) is 6.41. The fourth-order valence-corrected chi connectivity index (χ4v) is 2.81. The SMILES string of the molecule is N#CC(C(=O)C1CCCCC1)c1cccc(Cl)c1. The number of carbonyl (C=O) groups is 1. The van der Waals surface area contributed by atoms with Gasteiger partial charge in [0.2, 0.25) is 0 Å². The molecule has 1 aliphatic carbocycles. The van der Waals surface area contributed by atoms with Gasteiger partial charge < -0.3 is 0 Å². The molecule has 18 heavy (non-hydrogen) atoms. The van der Waals surface area contributed by atoms with Crippen LogP contribution < -0.4 is 0 Å². The van der Waals surface area contributed by atoms with Crippen LogP contribution in [0.2, 0.25) is 5.02 Å². The topological polar surface area (TPSA) is 40.9 Å². The Labute approximate surface area is 113 Å². The van der Waals surface area contributed by atoms with Crippen molar-refractivity contribution in [1.29, 1.82) is 5.26 Å². The Balaban J connectivity index is 2.18. The fraction of sp³-hybridized carbons (Fsp3) is 0.467. The van der Waals surface area contributed by atoms with Gasteiger partial charge >= 0.3 is 0 Å². The number of rotatable bonds is 3. The van der Waals surface area contributed by atoms with Crippen molar-refractivity contribution in [2.45, 2.75) is 38.0 Å². The zero-order valence-electron chi connectivity index (χ0n) is 10.2. The standard InChI is InChI=1S/C15H16ClNO/c16-13-8-4-7-12(9-13)14(10-17)15(18)11-5-2-1-3-6-11/h4,7-9,11,14H,1-3,5-6H2. The molecule has 1 atom stereocenters. The van der Waals surface area contributed by atoms with Crippen LogP contribution in [0.3, 0.4) is 0 Å². The molecule has 0 heterocycles. The highest BCUT2D eigenvalue weighted by Gasteiger charge is 2.29. The molecule has 1 aromatic rings. The van der Waals surface area contributed by atoms with Crippen molar-refractivity contribution < 1.29 is 4.79 Å². The first kappa shape index (κ1) is 13.1. The van der Waals surface area contributed by atoms with E-state index in [9.17, 15) is 10.1 Å². The predicted molar refractivity (Wildman–Crippen MR) is 71.4 cm³/mol. The average molecular weight is 262 g/mol. The van der Waals surface area contributed by atoms with Gasteiger partial charge in [-0.2, -0.15) is 5.26 Å². The number of halogens is 1. The van der Waals surface area contributed by atoms with Crippen molar-refractivity contribution in [3.63, 3.8) is 0 Å². The molecule has 1 saturated carbocycles. The molecular formula is C15H16ClNO. The summed E-state index contributed by atoms with van der Waals surface area (Å²) in [5, 5.41) is 9.83. The molecule has 0 N–H and O–H groups in total. The van der Waals surface area contributed by atoms with Crippen LogP contribution in [0.5, 0.6) is 0 Å². The Hall–Kier alpha value is -1.33. The molecule has 1 aliphatic rings. The van der Waals surface area contributed by atoms with E-state index in [4.69, 9.17) is 11.6 Å². The number of ketones is 1. The molecule has 1 fully saturated rings. The minimum absolute atomic E-state index is 0.0578. The molecule has 3 heteroatoms. The molecular weight excluding hydrogens is 246 g/mol. The van der Waals surface area contributed by atoms with E-state index in [2.05, 4.69) is 6.07 Å². The Morgan fingerprint density at radius 3 is 2.67 bits per heavy atom. The fourth-order valence-electron chi connectivity index (χ4n) is 2.61. The third kappa shape index (κ3) is 2.91. The Morgan fingerprint density at radius 2 is 2.06 bits per heavy atom. The molecule has 2 rings (SSSR count). The summed E-state index contributed by atoms with van der Waals surface area (Å²) >= 11 is 5.92. The van der Waals surface area contributed by atoms with Crippen LogP contribution in [0.25, 0.3) is 0 Å². The van der Waals surface area contributed by atoms with E-state index >= 15 is 0 Å². The number of nitrogens with zero attached hydrogens (tertiary/aromatic N) is 1. The van der Waals surface area contributed by atoms with E-state index in [-0.39, 0.29) is 11.7 Å². The second-order valence-corrected chi connectivity index (χ2v) is 5.29. The van der Waals surface area contributed by atoms with Crippen molar-refractivity contribution in [2.24, 2.45) is 5.92 Å². The molecule has 0 bridgehead atoms. The quantitative estimate of drug-likeness (QED) is 0.822. The van der Waals surface area contributed by atoms with Gasteiger partial charge in [-0.15, -0.1) is 0 Å². The van der Waals surface area contributed by atoms with E-state index in [1.165, 1.54) is 6.42 Å². The molecule has 1 unspecified atom stereocenters. The maximum atomic E-state index is 12.4. The van der Waals surface area contributed by atoms with Crippen molar-refractivity contribution in [3.05, 3.63) is 34.9 Å². The van der Waals surface area contributed by atoms with Crippen LogP contribution in [0, 0.1) is 17.2 Å². The summed E-state index contributed by atoms with van der Waals surface area (Å²) in [6, 6.07) is 9.20. The Kier molecular flexibility index (Phi) is 4.38. The van der Waals surface area contributed by atoms with Gasteiger partial charge in [-0.25, -0.2) is 0 Å². The summed E-state index contributed by atoms with van der Waals surface area (Å²) in [7, 11) is 0. The highest BCUT2D eigenvalue weighted by atomic mass is 35.5. The smallest absolute Gasteiger partial charge is 0.157 e. The van der Waals surface area contributed by atoms with Crippen molar-refractivity contribution in [2.75, 3.05) is 0 Å². The number of carbonyl (C=O) groups excluding carboxylic acids is 1. The Bertz CT molecular complexity index is 472. The van der Waals surface area contributed by atoms with Gasteiger partial charge in [-0.1, -0.05) is 43.0 Å². The lowest BCUT2D eigenvalue weighted by atomic mass is 9.80. The lowest BCUT2D eigenvalue weighted by Crippen LogP contribution is -2.23. The van der Waals surface area contributed by atoms with Crippen LogP contribution in [0.15, 0.2) is 24.3 Å². The summed E-state index contributed by atoms with van der Waals surface area (Å²) < 4.78 is 0. The van der Waals surface area contributed by atoms with Gasteiger partial charge in [0.15, 0.2) is 5.78 Å². The second kappa shape index (κ2) is 6.02. The van der Waals surface area contributed by atoms with E-state index in [1.807, 2.05) is 0 Å². The van der Waals surface area contributed by atoms with Gasteiger partial charge in [-0.05, 0) is 30.5 Å². The average Bonchev–Trinajstić information content (AvgIpc) is 2.40. The lowest BCUT2D eigenvalue weighted by Gasteiger charge is -2.22. The lowest BCUT2D eigenvalue weighted by molar-refractivity contribution is -0.124. The number of Topliss-reactive ketones (excluding diaryl/α,β-unsaturated/α-hetero) is 1. The van der Waals surface area contributed by atoms with Crippen molar-refractivity contribution >= 4 is 17.4 Å². The minimum Gasteiger partial charge on any atom is -0.298 e. The summed E-state index contributed by atoms with van der Waals surface area (Å²) in [6.45, 7) is 0. The summed E-state index contributed by atoms with van der Waals surface area (Å²) in [5.41, 5.74) is 0.723. The van der Waals surface area contributed by atoms with E-state index < -0.39 is 5.92 Å². The molecule has 0 spiro atoms. The summed E-state index contributed by atoms with van der Waals surface area (Å²) in [6.07, 6.45) is 5.27. The molecule has 0 saturated heterocycles. The first-order chi connectivity index (χ1) is 8.72. The molecule has 0 aliphatic heterocycles. The maximum Gasteiger partial charge on any atom is 0.157 e. The maximum absolute atomic E-state index is 12.4. The second-order valence-electron chi connectivity index (χ2n) is 4.85. The third-order valence-electron chi connectivity index (χ3n) is 3.60. The highest BCUT2D eigenvalue weighted by Crippen LogP contribution is 2.30. The third-order valence-corrected chi connectivity index (χ3v) is 3.84. The van der Waals surface area contributed by atoms with Crippen LogP contribution in [0.4, 0.5) is 0 Å². The molecule has 2 nitrogen and oxygen atoms in total. The minimum atomic E-state index is -0.660. The predicted octanol–water partition coefficient (Wildman–Crippen LogP) is 4.10. The van der Waals surface area contributed by atoms with Crippen LogP contribution >= 0.6 is 11.6 Å². The van der Waals surface area contributed by atoms with Gasteiger partial charge in [0.1, 0.15) is 5.92 Å². The van der Waals surface area contributed by atoms with Gasteiger partial charge in [0, 0.05) is 10.9 Å². The first-order valence-corrected chi connectivity index (χ1v) is 6.79. The van der Waals surface area contributed by atoms with E-state index in [0.29, 0.717) is 5.02 Å². The molecule has 0 amide bonds. The largest absolute Gasteiger partial charge is 0.298 e. The zero-order valence-corrected chi connectivity index (χ0v) is 11.0. The Morgan fingerprint density at radius 1 is 1.33 bits per heavy atom. The monoisotopic (exact) mass is 261 g/mol. The van der Waals surface area contributed by atoms with Gasteiger partial charge in [0.05, 0.1) is 6.07 Å². The number of benzene rings is 1. The van der Waals surface area contributed by atoms with Gasteiger partial charge in [0.25, 0.3) is 0 Å². The zero-order chi connectivity index (χ0) is 13.0.